The molecule has 0 saturated heterocycles. The number of aryl methyl sites for hydroxylation is 2. The highest BCUT2D eigenvalue weighted by molar-refractivity contribution is 5.30. The van der Waals surface area contributed by atoms with Gasteiger partial charge in [0.05, 0.1) is 0 Å². The Kier molecular flexibility index (Phi) is 14.2. The molecule has 32 heavy (non-hydrogen) atoms. The van der Waals surface area contributed by atoms with Crippen molar-refractivity contribution in [3.05, 3.63) is 58.9 Å². The Morgan fingerprint density at radius 1 is 0.719 bits per heavy atom. The van der Waals surface area contributed by atoms with Crippen LogP contribution in [0.2, 0.25) is 0 Å². The third-order valence-electron chi connectivity index (χ3n) is 6.91. The Labute approximate surface area is 199 Å². The number of nitrogens with one attached hydrogen (secondary N) is 1. The fourth-order valence-electron chi connectivity index (χ4n) is 4.72. The van der Waals surface area contributed by atoms with Crippen molar-refractivity contribution in [1.82, 2.24) is 9.88 Å². The molecule has 1 aromatic heterocycles. The molecule has 0 unspecified atom stereocenters. The number of hydrogen-bond acceptors (Lipinski definition) is 1. The smallest absolute Gasteiger partial charge is 0.0234 e. The summed E-state index contributed by atoms with van der Waals surface area (Å²) >= 11 is 0. The second-order valence-electron chi connectivity index (χ2n) is 9.73. The van der Waals surface area contributed by atoms with E-state index in [4.69, 9.17) is 0 Å². The summed E-state index contributed by atoms with van der Waals surface area (Å²) in [6.07, 6.45) is 21.9. The van der Waals surface area contributed by atoms with Crippen molar-refractivity contribution in [2.75, 3.05) is 6.54 Å². The lowest BCUT2D eigenvalue weighted by Crippen LogP contribution is -2.17. The Morgan fingerprint density at radius 3 is 1.94 bits per heavy atom. The Balaban J connectivity index is 1.55. The van der Waals surface area contributed by atoms with Crippen LogP contribution >= 0.6 is 0 Å². The van der Waals surface area contributed by atoms with E-state index in [1.807, 2.05) is 0 Å². The highest BCUT2D eigenvalue weighted by atomic mass is 15.0. The fraction of sp³-hybridized carbons (Fsp3) is 0.667. The van der Waals surface area contributed by atoms with E-state index in [2.05, 4.69) is 67.2 Å². The van der Waals surface area contributed by atoms with Gasteiger partial charge in [0.2, 0.25) is 0 Å². The third kappa shape index (κ3) is 10.9. The van der Waals surface area contributed by atoms with E-state index < -0.39 is 0 Å². The quantitative estimate of drug-likeness (QED) is 0.217. The molecule has 0 aliphatic carbocycles. The van der Waals surface area contributed by atoms with Crippen LogP contribution in [0.1, 0.15) is 113 Å². The molecular weight excluding hydrogens is 388 g/mol. The number of rotatable bonds is 19. The molecule has 0 aliphatic rings. The summed E-state index contributed by atoms with van der Waals surface area (Å²) in [5.41, 5.74) is 5.92. The molecule has 2 rings (SSSR count). The summed E-state index contributed by atoms with van der Waals surface area (Å²) in [6, 6.07) is 10.7. The highest BCUT2D eigenvalue weighted by Gasteiger charge is 2.09. The molecule has 0 saturated carbocycles. The second-order valence-corrected chi connectivity index (χ2v) is 9.73. The molecule has 1 N–H and O–H groups in total. The van der Waals surface area contributed by atoms with Crippen LogP contribution in [-0.4, -0.2) is 11.1 Å². The summed E-state index contributed by atoms with van der Waals surface area (Å²) in [6.45, 7) is 10.1. The lowest BCUT2D eigenvalue weighted by molar-refractivity contribution is 0.536. The van der Waals surface area contributed by atoms with Crippen molar-refractivity contribution < 1.29 is 0 Å². The van der Waals surface area contributed by atoms with Crippen molar-refractivity contribution in [3.63, 3.8) is 0 Å². The van der Waals surface area contributed by atoms with Gasteiger partial charge >= 0.3 is 0 Å². The van der Waals surface area contributed by atoms with Gasteiger partial charge in [0, 0.05) is 25.0 Å². The van der Waals surface area contributed by atoms with E-state index in [1.54, 1.807) is 5.69 Å². The summed E-state index contributed by atoms with van der Waals surface area (Å²) < 4.78 is 2.54. The number of unbranched alkanes of at least 4 members (excludes halogenated alkanes) is 11. The molecule has 0 spiro atoms. The van der Waals surface area contributed by atoms with Gasteiger partial charge in [-0.15, -0.1) is 0 Å². The molecule has 1 aromatic carbocycles. The van der Waals surface area contributed by atoms with E-state index in [0.29, 0.717) is 0 Å². The van der Waals surface area contributed by atoms with Gasteiger partial charge < -0.3 is 9.88 Å². The number of aromatic nitrogens is 1. The Hall–Kier alpha value is -1.54. The van der Waals surface area contributed by atoms with Crippen LogP contribution in [0, 0.1) is 13.8 Å². The van der Waals surface area contributed by atoms with Crippen LogP contribution in [0.25, 0.3) is 0 Å². The first-order chi connectivity index (χ1) is 15.7. The molecule has 2 aromatic rings. The molecule has 1 heterocycles. The highest BCUT2D eigenvalue weighted by Crippen LogP contribution is 2.20. The van der Waals surface area contributed by atoms with E-state index in [1.165, 1.54) is 107 Å². The topological polar surface area (TPSA) is 17.0 Å². The first-order valence-corrected chi connectivity index (χ1v) is 13.6. The Morgan fingerprint density at radius 2 is 1.31 bits per heavy atom. The van der Waals surface area contributed by atoms with E-state index in [0.717, 1.165) is 19.6 Å². The predicted octanol–water partition coefficient (Wildman–Crippen LogP) is 8.53. The summed E-state index contributed by atoms with van der Waals surface area (Å²) in [7, 11) is 0. The standard InChI is InChI=1S/C30H50N2/c1-4-5-6-7-8-9-10-11-12-13-14-18-22-30-28(3)27(2)26-32(30)24-19-23-31-25-29-20-16-15-17-21-29/h15-17,20-21,26,31H,4-14,18-19,22-25H2,1-3H3. The van der Waals surface area contributed by atoms with Gasteiger partial charge in [-0.25, -0.2) is 0 Å². The van der Waals surface area contributed by atoms with Crippen LogP contribution in [0.3, 0.4) is 0 Å². The summed E-state index contributed by atoms with van der Waals surface area (Å²) in [5.74, 6) is 0. The molecule has 0 bridgehead atoms. The minimum Gasteiger partial charge on any atom is -0.351 e. The van der Waals surface area contributed by atoms with Gasteiger partial charge in [-0.2, -0.15) is 0 Å². The molecule has 2 nitrogen and oxygen atoms in total. The molecule has 0 atom stereocenters. The van der Waals surface area contributed by atoms with E-state index >= 15 is 0 Å². The zero-order valence-corrected chi connectivity index (χ0v) is 21.4. The maximum Gasteiger partial charge on any atom is 0.0234 e. The largest absolute Gasteiger partial charge is 0.351 e. The van der Waals surface area contributed by atoms with Gasteiger partial charge in [-0.05, 0) is 56.3 Å². The van der Waals surface area contributed by atoms with Gasteiger partial charge in [0.25, 0.3) is 0 Å². The molecule has 2 heteroatoms. The van der Waals surface area contributed by atoms with Crippen molar-refractivity contribution >= 4 is 0 Å². The molecule has 0 amide bonds. The van der Waals surface area contributed by atoms with Gasteiger partial charge in [0.15, 0.2) is 0 Å². The fourth-order valence-corrected chi connectivity index (χ4v) is 4.72. The van der Waals surface area contributed by atoms with Crippen LogP contribution in [0.15, 0.2) is 36.5 Å². The lowest BCUT2D eigenvalue weighted by Gasteiger charge is -2.11. The average Bonchev–Trinajstić information content (AvgIpc) is 3.08. The molecule has 0 radical (unpaired) electrons. The average molecular weight is 439 g/mol. The second kappa shape index (κ2) is 17.0. The number of benzene rings is 1. The van der Waals surface area contributed by atoms with E-state index in [-0.39, 0.29) is 0 Å². The Bertz CT molecular complexity index is 701. The van der Waals surface area contributed by atoms with Crippen molar-refractivity contribution in [3.8, 4) is 0 Å². The van der Waals surface area contributed by atoms with Crippen LogP contribution < -0.4 is 5.32 Å². The lowest BCUT2D eigenvalue weighted by atomic mass is 10.0. The van der Waals surface area contributed by atoms with Gasteiger partial charge in [0.1, 0.15) is 0 Å². The molecule has 180 valence electrons. The zero-order valence-electron chi connectivity index (χ0n) is 21.4. The molecular formula is C30H50N2. The normalized spacial score (nSPS) is 11.3. The van der Waals surface area contributed by atoms with E-state index in [9.17, 15) is 0 Å². The zero-order chi connectivity index (χ0) is 22.9. The van der Waals surface area contributed by atoms with Gasteiger partial charge in [-0.1, -0.05) is 108 Å². The minimum atomic E-state index is 0.969. The minimum absolute atomic E-state index is 0.969. The number of nitrogens with zero attached hydrogens (tertiary/aromatic N) is 1. The monoisotopic (exact) mass is 438 g/mol. The third-order valence-corrected chi connectivity index (χ3v) is 6.91. The molecule has 0 fully saturated rings. The van der Waals surface area contributed by atoms with Crippen LogP contribution in [0.4, 0.5) is 0 Å². The first kappa shape index (κ1) is 26.7. The maximum atomic E-state index is 3.59. The number of hydrogen-bond donors (Lipinski definition) is 1. The predicted molar refractivity (Wildman–Crippen MR) is 141 cm³/mol. The van der Waals surface area contributed by atoms with Crippen molar-refractivity contribution in [2.24, 2.45) is 0 Å². The van der Waals surface area contributed by atoms with Crippen molar-refractivity contribution in [2.45, 2.75) is 124 Å². The maximum absolute atomic E-state index is 3.59. The van der Waals surface area contributed by atoms with Crippen LogP contribution in [-0.2, 0) is 19.5 Å². The summed E-state index contributed by atoms with van der Waals surface area (Å²) in [4.78, 5) is 0. The first-order valence-electron chi connectivity index (χ1n) is 13.6. The SMILES string of the molecule is CCCCCCCCCCCCCCc1c(C)c(C)cn1CCCNCc1ccccc1. The van der Waals surface area contributed by atoms with Gasteiger partial charge in [-0.3, -0.25) is 0 Å². The molecule has 0 aliphatic heterocycles. The van der Waals surface area contributed by atoms with Crippen molar-refractivity contribution in [1.29, 1.82) is 0 Å². The summed E-state index contributed by atoms with van der Waals surface area (Å²) in [5, 5.41) is 3.59. The van der Waals surface area contributed by atoms with Crippen LogP contribution in [0.5, 0.6) is 0 Å².